The largest absolute Gasteiger partial charge is 0.382 e. The first kappa shape index (κ1) is 8.62. The summed E-state index contributed by atoms with van der Waals surface area (Å²) >= 11 is 11.6. The van der Waals surface area contributed by atoms with E-state index in [2.05, 4.69) is 4.98 Å². The van der Waals surface area contributed by atoms with Crippen LogP contribution in [-0.2, 0) is 6.42 Å². The van der Waals surface area contributed by atoms with Crippen LogP contribution in [0.3, 0.4) is 0 Å². The summed E-state index contributed by atoms with van der Waals surface area (Å²) in [5, 5.41) is 1.05. The first-order valence-corrected chi connectivity index (χ1v) is 4.00. The molecule has 0 radical (unpaired) electrons. The maximum Gasteiger partial charge on any atom is 0.142 e. The summed E-state index contributed by atoms with van der Waals surface area (Å²) in [6, 6.07) is 0. The number of hydrogen-bond donors (Lipinski definition) is 1. The number of pyridine rings is 1. The van der Waals surface area contributed by atoms with Gasteiger partial charge in [0.05, 0.1) is 10.0 Å². The molecule has 0 aliphatic carbocycles. The van der Waals surface area contributed by atoms with Crippen LogP contribution < -0.4 is 5.73 Å². The Morgan fingerprint density at radius 1 is 1.55 bits per heavy atom. The van der Waals surface area contributed by atoms with Gasteiger partial charge < -0.3 is 5.73 Å². The molecule has 2 N–H and O–H groups in total. The lowest BCUT2D eigenvalue weighted by Gasteiger charge is -2.04. The molecule has 0 unspecified atom stereocenters. The van der Waals surface area contributed by atoms with E-state index in [1.165, 1.54) is 6.20 Å². The Balaban J connectivity index is 3.29. The average Bonchev–Trinajstić information content (AvgIpc) is 1.99. The van der Waals surface area contributed by atoms with Crippen LogP contribution in [0.5, 0.6) is 0 Å². The lowest BCUT2D eigenvalue weighted by atomic mass is 10.2. The molecule has 1 aromatic rings. The third kappa shape index (κ3) is 1.57. The summed E-state index contributed by atoms with van der Waals surface area (Å²) in [7, 11) is 0. The topological polar surface area (TPSA) is 38.9 Å². The number of nitrogens with zero attached hydrogens (tertiary/aromatic N) is 1. The highest BCUT2D eigenvalue weighted by molar-refractivity contribution is 6.37. The predicted octanol–water partition coefficient (Wildman–Crippen LogP) is 2.53. The summed E-state index contributed by atoms with van der Waals surface area (Å²) in [6.07, 6.45) is 2.28. The lowest BCUT2D eigenvalue weighted by molar-refractivity contribution is 1.12. The van der Waals surface area contributed by atoms with Crippen molar-refractivity contribution in [2.75, 3.05) is 5.73 Å². The molecule has 0 saturated carbocycles. The molecule has 11 heavy (non-hydrogen) atoms. The van der Waals surface area contributed by atoms with Crippen LogP contribution >= 0.6 is 23.2 Å². The third-order valence-electron chi connectivity index (χ3n) is 1.45. The Kier molecular flexibility index (Phi) is 2.58. The summed E-state index contributed by atoms with van der Waals surface area (Å²) < 4.78 is 0. The van der Waals surface area contributed by atoms with Gasteiger partial charge in [-0.05, 0) is 12.0 Å². The fourth-order valence-electron chi connectivity index (χ4n) is 0.844. The van der Waals surface area contributed by atoms with E-state index in [0.29, 0.717) is 15.9 Å². The van der Waals surface area contributed by atoms with Crippen LogP contribution in [0.1, 0.15) is 12.5 Å². The number of anilines is 1. The van der Waals surface area contributed by atoms with Gasteiger partial charge in [0.1, 0.15) is 5.82 Å². The van der Waals surface area contributed by atoms with E-state index in [1.807, 2.05) is 6.92 Å². The number of aromatic nitrogens is 1. The molecule has 0 fully saturated rings. The molecular weight excluding hydrogens is 183 g/mol. The number of nitrogen functional groups attached to an aromatic ring is 1. The average molecular weight is 191 g/mol. The summed E-state index contributed by atoms with van der Waals surface area (Å²) in [5.41, 5.74) is 6.33. The van der Waals surface area contributed by atoms with Crippen LogP contribution in [0, 0.1) is 0 Å². The van der Waals surface area contributed by atoms with Crippen molar-refractivity contribution in [2.45, 2.75) is 13.3 Å². The molecule has 0 aliphatic heterocycles. The molecular formula is C7H8Cl2N2. The summed E-state index contributed by atoms with van der Waals surface area (Å²) in [6.45, 7) is 1.96. The Morgan fingerprint density at radius 3 is 2.64 bits per heavy atom. The molecule has 0 aliphatic rings. The van der Waals surface area contributed by atoms with Gasteiger partial charge in [0.25, 0.3) is 0 Å². The van der Waals surface area contributed by atoms with Crippen molar-refractivity contribution in [2.24, 2.45) is 0 Å². The molecule has 0 saturated heterocycles. The molecule has 0 bridgehead atoms. The zero-order chi connectivity index (χ0) is 8.43. The second-order valence-corrected chi connectivity index (χ2v) is 2.92. The molecule has 0 spiro atoms. The van der Waals surface area contributed by atoms with Crippen LogP contribution in [0.25, 0.3) is 0 Å². The number of hydrogen-bond acceptors (Lipinski definition) is 2. The zero-order valence-electron chi connectivity index (χ0n) is 6.06. The van der Waals surface area contributed by atoms with Crippen molar-refractivity contribution < 1.29 is 0 Å². The first-order valence-electron chi connectivity index (χ1n) is 3.25. The molecule has 2 nitrogen and oxygen atoms in total. The fourth-order valence-corrected chi connectivity index (χ4v) is 1.45. The Hall–Kier alpha value is -0.470. The van der Waals surface area contributed by atoms with Crippen LogP contribution in [0.15, 0.2) is 6.20 Å². The molecule has 4 heteroatoms. The SMILES string of the molecule is CCc1c(Cl)cnc(N)c1Cl. The molecule has 1 rings (SSSR count). The van der Waals surface area contributed by atoms with Gasteiger partial charge in [0, 0.05) is 6.20 Å². The van der Waals surface area contributed by atoms with Gasteiger partial charge in [0.2, 0.25) is 0 Å². The fraction of sp³-hybridized carbons (Fsp3) is 0.286. The van der Waals surface area contributed by atoms with Gasteiger partial charge in [-0.1, -0.05) is 30.1 Å². The maximum absolute atomic E-state index is 5.83. The van der Waals surface area contributed by atoms with Gasteiger partial charge in [0.15, 0.2) is 0 Å². The Morgan fingerprint density at radius 2 is 2.18 bits per heavy atom. The van der Waals surface area contributed by atoms with E-state index >= 15 is 0 Å². The first-order chi connectivity index (χ1) is 5.16. The molecule has 0 amide bonds. The van der Waals surface area contributed by atoms with Crippen LogP contribution in [0.4, 0.5) is 5.82 Å². The van der Waals surface area contributed by atoms with Crippen LogP contribution in [-0.4, -0.2) is 4.98 Å². The van der Waals surface area contributed by atoms with Crippen molar-refractivity contribution in [3.8, 4) is 0 Å². The number of halogens is 2. The summed E-state index contributed by atoms with van der Waals surface area (Å²) in [4.78, 5) is 3.80. The van der Waals surface area contributed by atoms with Crippen molar-refractivity contribution >= 4 is 29.0 Å². The van der Waals surface area contributed by atoms with Gasteiger partial charge in [-0.2, -0.15) is 0 Å². The molecule has 0 atom stereocenters. The second kappa shape index (κ2) is 3.28. The van der Waals surface area contributed by atoms with Gasteiger partial charge >= 0.3 is 0 Å². The maximum atomic E-state index is 5.83. The van der Waals surface area contributed by atoms with E-state index in [9.17, 15) is 0 Å². The monoisotopic (exact) mass is 190 g/mol. The highest BCUT2D eigenvalue weighted by atomic mass is 35.5. The second-order valence-electron chi connectivity index (χ2n) is 2.14. The zero-order valence-corrected chi connectivity index (χ0v) is 7.58. The third-order valence-corrected chi connectivity index (χ3v) is 2.20. The van der Waals surface area contributed by atoms with E-state index in [1.54, 1.807) is 0 Å². The molecule has 60 valence electrons. The van der Waals surface area contributed by atoms with E-state index < -0.39 is 0 Å². The van der Waals surface area contributed by atoms with Crippen molar-refractivity contribution in [3.63, 3.8) is 0 Å². The normalized spacial score (nSPS) is 10.1. The van der Waals surface area contributed by atoms with Crippen molar-refractivity contribution in [1.29, 1.82) is 0 Å². The van der Waals surface area contributed by atoms with Crippen LogP contribution in [0.2, 0.25) is 10.0 Å². The molecule has 1 aromatic heterocycles. The minimum absolute atomic E-state index is 0.341. The molecule has 0 aromatic carbocycles. The highest BCUT2D eigenvalue weighted by Crippen LogP contribution is 2.27. The highest BCUT2D eigenvalue weighted by Gasteiger charge is 2.06. The minimum atomic E-state index is 0.341. The van der Waals surface area contributed by atoms with E-state index in [0.717, 1.165) is 12.0 Å². The minimum Gasteiger partial charge on any atom is -0.382 e. The predicted molar refractivity (Wildman–Crippen MR) is 48.0 cm³/mol. The van der Waals surface area contributed by atoms with E-state index in [4.69, 9.17) is 28.9 Å². The quantitative estimate of drug-likeness (QED) is 0.740. The van der Waals surface area contributed by atoms with E-state index in [-0.39, 0.29) is 0 Å². The van der Waals surface area contributed by atoms with Gasteiger partial charge in [-0.15, -0.1) is 0 Å². The lowest BCUT2D eigenvalue weighted by Crippen LogP contribution is -1.95. The van der Waals surface area contributed by atoms with Crippen molar-refractivity contribution in [3.05, 3.63) is 21.8 Å². The van der Waals surface area contributed by atoms with Gasteiger partial charge in [-0.25, -0.2) is 4.98 Å². The number of rotatable bonds is 1. The number of nitrogens with two attached hydrogens (primary N) is 1. The Labute approximate surface area is 75.3 Å². The summed E-state index contributed by atoms with van der Waals surface area (Å²) in [5.74, 6) is 0.341. The smallest absolute Gasteiger partial charge is 0.142 e. The molecule has 1 heterocycles. The van der Waals surface area contributed by atoms with Crippen molar-refractivity contribution in [1.82, 2.24) is 4.98 Å². The standard InChI is InChI=1S/C7H8Cl2N2/c1-2-4-5(8)3-11-7(10)6(4)9/h3H,2H2,1H3,(H2,10,11). The van der Waals surface area contributed by atoms with Gasteiger partial charge in [-0.3, -0.25) is 0 Å². The Bertz CT molecular complexity index is 273.